The maximum absolute atomic E-state index is 2.48. The molecular weight excluding hydrogens is 985 g/mol. The molecule has 4 aliphatic rings. The van der Waals surface area contributed by atoms with Crippen LogP contribution in [-0.4, -0.2) is 0 Å². The summed E-state index contributed by atoms with van der Waals surface area (Å²) in [7, 11) is 0. The lowest BCUT2D eigenvalue weighted by Gasteiger charge is -2.24. The Morgan fingerprint density at radius 2 is 0.488 bits per heavy atom. The van der Waals surface area contributed by atoms with Crippen molar-refractivity contribution in [1.82, 2.24) is 0 Å². The molecule has 0 saturated carbocycles. The smallest absolute Gasteiger partial charge is 0.0159 e. The Labute approximate surface area is 483 Å². The molecule has 0 amide bonds. The van der Waals surface area contributed by atoms with Gasteiger partial charge in [-0.25, -0.2) is 0 Å². The van der Waals surface area contributed by atoms with Crippen molar-refractivity contribution in [2.45, 2.75) is 90.9 Å². The summed E-state index contributed by atoms with van der Waals surface area (Å²) in [5.74, 6) is 0. The standard InChI is InChI=1S/C82H66/c1-79(2,3)55-29-35-59-69-39-37-57(65-13-11-15-67(77(65)69)71(59)45-55)49-21-17-47(18-22-49)51-25-31-61-63-33-27-53(43-75(63)81(7,8)73(61)41-51)54-28-34-64-62-32-26-52(42-74(62)82(9,10)76(64)44-54)48-19-23-50(24-20-48)58-38-40-70-60-36-30-56(80(4,5)6)46-72(60)68-16-12-14-66(58)78(68)70/h11-46H,1-10H3. The third-order valence-electron chi connectivity index (χ3n) is 19.8. The van der Waals surface area contributed by atoms with Gasteiger partial charge in [0.2, 0.25) is 0 Å². The molecule has 12 aromatic carbocycles. The van der Waals surface area contributed by atoms with Gasteiger partial charge in [-0.15, -0.1) is 0 Å². The van der Waals surface area contributed by atoms with Crippen LogP contribution in [0.25, 0.3) is 144 Å². The largest absolute Gasteiger partial charge is 0.0610 e. The molecule has 82 heavy (non-hydrogen) atoms. The van der Waals surface area contributed by atoms with Crippen LogP contribution in [0, 0.1) is 0 Å². The van der Waals surface area contributed by atoms with E-state index in [9.17, 15) is 0 Å². The molecule has 0 unspecified atom stereocenters. The Morgan fingerprint density at radius 1 is 0.220 bits per heavy atom. The summed E-state index contributed by atoms with van der Waals surface area (Å²) in [5.41, 5.74) is 37.0. The molecule has 0 saturated heterocycles. The van der Waals surface area contributed by atoms with Crippen LogP contribution in [-0.2, 0) is 21.7 Å². The van der Waals surface area contributed by atoms with Crippen molar-refractivity contribution in [3.8, 4) is 122 Å². The Balaban J connectivity index is 0.654. The van der Waals surface area contributed by atoms with Crippen LogP contribution in [0.3, 0.4) is 0 Å². The van der Waals surface area contributed by atoms with Gasteiger partial charge in [0.25, 0.3) is 0 Å². The normalized spacial score (nSPS) is 14.4. The van der Waals surface area contributed by atoms with Gasteiger partial charge in [-0.3, -0.25) is 0 Å². The molecular formula is C82H66. The van der Waals surface area contributed by atoms with E-state index < -0.39 is 0 Å². The molecule has 0 radical (unpaired) electrons. The lowest BCUT2D eigenvalue weighted by Crippen LogP contribution is -2.15. The predicted octanol–water partition coefficient (Wildman–Crippen LogP) is 22.8. The molecule has 12 aromatic rings. The molecule has 0 aliphatic heterocycles. The molecule has 0 heteroatoms. The molecule has 0 nitrogen and oxygen atoms in total. The molecule has 0 aromatic heterocycles. The SMILES string of the molecule is CC(C)(C)c1ccc2c(c1)-c1cccc3c(-c4ccc(-c5ccc6c(c5)C(C)(C)c5cc(-c7ccc8c(c7)C(C)(C)c7cc(-c9ccc(-c%10ccc%11c%12c(cccc%10%12)-c%10cc(C(C)(C)C)ccc%10-%11)cc9)ccc7-8)ccc5-6)cc4)ccc-2c13. The van der Waals surface area contributed by atoms with Gasteiger partial charge in [-0.2, -0.15) is 0 Å². The third kappa shape index (κ3) is 7.03. The van der Waals surface area contributed by atoms with Crippen LogP contribution in [0.5, 0.6) is 0 Å². The van der Waals surface area contributed by atoms with Gasteiger partial charge in [-0.1, -0.05) is 251 Å². The van der Waals surface area contributed by atoms with Gasteiger partial charge >= 0.3 is 0 Å². The van der Waals surface area contributed by atoms with E-state index in [4.69, 9.17) is 0 Å². The second kappa shape index (κ2) is 16.9. The summed E-state index contributed by atoms with van der Waals surface area (Å²) >= 11 is 0. The highest BCUT2D eigenvalue weighted by atomic mass is 14.4. The zero-order chi connectivity index (χ0) is 55.9. The minimum absolute atomic E-state index is 0.0990. The van der Waals surface area contributed by atoms with Gasteiger partial charge in [0.15, 0.2) is 0 Å². The number of benzene rings is 12. The highest BCUT2D eigenvalue weighted by molar-refractivity contribution is 6.20. The van der Waals surface area contributed by atoms with E-state index in [0.29, 0.717) is 0 Å². The first-order valence-corrected chi connectivity index (χ1v) is 29.6. The monoisotopic (exact) mass is 1050 g/mol. The average Bonchev–Trinajstić information content (AvgIpc) is 3.69. The third-order valence-corrected chi connectivity index (χ3v) is 19.8. The van der Waals surface area contributed by atoms with Crippen LogP contribution < -0.4 is 0 Å². The minimum Gasteiger partial charge on any atom is -0.0610 e. The highest BCUT2D eigenvalue weighted by Crippen LogP contribution is 2.56. The molecule has 0 atom stereocenters. The van der Waals surface area contributed by atoms with E-state index in [-0.39, 0.29) is 21.7 Å². The van der Waals surface area contributed by atoms with Gasteiger partial charge < -0.3 is 0 Å². The Morgan fingerprint density at radius 3 is 0.829 bits per heavy atom. The van der Waals surface area contributed by atoms with E-state index >= 15 is 0 Å². The topological polar surface area (TPSA) is 0 Å². The zero-order valence-corrected chi connectivity index (χ0v) is 48.8. The zero-order valence-electron chi connectivity index (χ0n) is 48.8. The Hall–Kier alpha value is -8.84. The van der Waals surface area contributed by atoms with Crippen molar-refractivity contribution in [2.24, 2.45) is 0 Å². The lowest BCUT2D eigenvalue weighted by molar-refractivity contribution is 0.590. The molecule has 0 heterocycles. The molecule has 0 spiro atoms. The van der Waals surface area contributed by atoms with E-state index in [1.54, 1.807) is 0 Å². The first-order valence-electron chi connectivity index (χ1n) is 29.6. The summed E-state index contributed by atoms with van der Waals surface area (Å²) < 4.78 is 0. The van der Waals surface area contributed by atoms with E-state index in [2.05, 4.69) is 288 Å². The minimum atomic E-state index is -0.161. The van der Waals surface area contributed by atoms with Gasteiger partial charge in [0.05, 0.1) is 0 Å². The van der Waals surface area contributed by atoms with Crippen molar-refractivity contribution in [3.05, 3.63) is 252 Å². The number of fused-ring (bicyclic) bond motifs is 12. The van der Waals surface area contributed by atoms with Crippen molar-refractivity contribution in [3.63, 3.8) is 0 Å². The van der Waals surface area contributed by atoms with Crippen molar-refractivity contribution in [1.29, 1.82) is 0 Å². The number of hydrogen-bond donors (Lipinski definition) is 0. The van der Waals surface area contributed by atoms with Gasteiger partial charge in [0, 0.05) is 10.8 Å². The summed E-state index contributed by atoms with van der Waals surface area (Å²) in [6.45, 7) is 23.5. The second-order valence-electron chi connectivity index (χ2n) is 27.2. The summed E-state index contributed by atoms with van der Waals surface area (Å²) in [5, 5.41) is 5.39. The Kier molecular flexibility index (Phi) is 10.1. The second-order valence-corrected chi connectivity index (χ2v) is 27.2. The maximum Gasteiger partial charge on any atom is 0.0159 e. The summed E-state index contributed by atoms with van der Waals surface area (Å²) in [6.07, 6.45) is 0. The van der Waals surface area contributed by atoms with Crippen molar-refractivity contribution in [2.75, 3.05) is 0 Å². The molecule has 4 aliphatic carbocycles. The Bertz CT molecular complexity index is 4460. The van der Waals surface area contributed by atoms with Crippen LogP contribution in [0.1, 0.15) is 103 Å². The van der Waals surface area contributed by atoms with Crippen molar-refractivity contribution < 1.29 is 0 Å². The van der Waals surface area contributed by atoms with Crippen LogP contribution in [0.4, 0.5) is 0 Å². The first kappa shape index (κ1) is 49.0. The van der Waals surface area contributed by atoms with E-state index in [1.807, 2.05) is 0 Å². The quantitative estimate of drug-likeness (QED) is 0.161. The molecule has 0 fully saturated rings. The molecule has 16 rings (SSSR count). The first-order chi connectivity index (χ1) is 39.4. The molecule has 394 valence electrons. The number of hydrogen-bond acceptors (Lipinski definition) is 0. The molecule has 0 bridgehead atoms. The summed E-state index contributed by atoms with van der Waals surface area (Å²) in [4.78, 5) is 0. The number of rotatable bonds is 5. The van der Waals surface area contributed by atoms with Gasteiger partial charge in [-0.05, 0) is 225 Å². The lowest BCUT2D eigenvalue weighted by atomic mass is 9.79. The predicted molar refractivity (Wildman–Crippen MR) is 350 cm³/mol. The maximum atomic E-state index is 2.48. The average molecular weight is 1050 g/mol. The van der Waals surface area contributed by atoms with Crippen LogP contribution >= 0.6 is 0 Å². The van der Waals surface area contributed by atoms with Gasteiger partial charge in [0.1, 0.15) is 0 Å². The summed E-state index contributed by atoms with van der Waals surface area (Å²) in [6, 6.07) is 84.5. The van der Waals surface area contributed by atoms with Crippen LogP contribution in [0.2, 0.25) is 0 Å². The fraction of sp³-hybridized carbons (Fsp3) is 0.171. The van der Waals surface area contributed by atoms with Crippen molar-refractivity contribution >= 4 is 21.5 Å². The highest BCUT2D eigenvalue weighted by Gasteiger charge is 2.38. The fourth-order valence-corrected chi connectivity index (χ4v) is 15.0. The molecule has 0 N–H and O–H groups in total. The van der Waals surface area contributed by atoms with E-state index in [0.717, 1.165) is 0 Å². The fourth-order valence-electron chi connectivity index (χ4n) is 15.0. The van der Waals surface area contributed by atoms with Crippen LogP contribution in [0.15, 0.2) is 218 Å². The van der Waals surface area contributed by atoms with E-state index in [1.165, 1.54) is 177 Å².